The molecule has 0 unspecified atom stereocenters. The topological polar surface area (TPSA) is 61.8 Å². The lowest BCUT2D eigenvalue weighted by atomic mass is 9.95. The number of fused-ring (bicyclic) bond motifs is 6. The van der Waals surface area contributed by atoms with E-state index < -0.39 is 0 Å². The molecule has 0 aliphatic heterocycles. The van der Waals surface area contributed by atoms with E-state index in [2.05, 4.69) is 92.8 Å². The highest BCUT2D eigenvalue weighted by molar-refractivity contribution is 6.13. The van der Waals surface area contributed by atoms with Gasteiger partial charge in [0.1, 0.15) is 0 Å². The zero-order valence-electron chi connectivity index (χ0n) is 26.7. The Morgan fingerprint density at radius 3 is 1.94 bits per heavy atom. The van der Waals surface area contributed by atoms with Gasteiger partial charge in [-0.25, -0.2) is 4.85 Å². The van der Waals surface area contributed by atoms with Gasteiger partial charge < -0.3 is 9.13 Å². The Morgan fingerprint density at radius 1 is 0.480 bits per heavy atom. The fourth-order valence-corrected chi connectivity index (χ4v) is 7.41. The van der Waals surface area contributed by atoms with E-state index in [9.17, 15) is 10.5 Å². The summed E-state index contributed by atoms with van der Waals surface area (Å²) >= 11 is 0. The summed E-state index contributed by atoms with van der Waals surface area (Å²) in [7, 11) is 0. The maximum absolute atomic E-state index is 10.3. The fraction of sp³-hybridized carbons (Fsp3) is 0. The average molecular weight is 636 g/mol. The van der Waals surface area contributed by atoms with Crippen molar-refractivity contribution in [3.05, 3.63) is 174 Å². The van der Waals surface area contributed by atoms with Gasteiger partial charge in [0.25, 0.3) is 0 Å². The van der Waals surface area contributed by atoms with Gasteiger partial charge in [-0.15, -0.1) is 0 Å². The summed E-state index contributed by atoms with van der Waals surface area (Å²) in [5.74, 6) is 0. The zero-order valence-corrected chi connectivity index (χ0v) is 26.7. The van der Waals surface area contributed by atoms with Crippen LogP contribution < -0.4 is 0 Å². The number of nitrogens with zero attached hydrogens (tertiary/aromatic N) is 5. The first kappa shape index (κ1) is 28.8. The van der Waals surface area contributed by atoms with Gasteiger partial charge in [-0.05, 0) is 88.8 Å². The minimum Gasteiger partial charge on any atom is -0.319 e. The Labute approximate surface area is 288 Å². The number of nitriles is 2. The first-order chi connectivity index (χ1) is 24.7. The average Bonchev–Trinajstić information content (AvgIpc) is 3.70. The third-order valence-electron chi connectivity index (χ3n) is 9.55. The molecule has 50 heavy (non-hydrogen) atoms. The van der Waals surface area contributed by atoms with E-state index in [0.29, 0.717) is 16.8 Å². The molecule has 0 saturated heterocycles. The monoisotopic (exact) mass is 635 g/mol. The van der Waals surface area contributed by atoms with Crippen molar-refractivity contribution in [1.82, 2.24) is 9.13 Å². The van der Waals surface area contributed by atoms with Crippen LogP contribution in [-0.4, -0.2) is 9.13 Å². The van der Waals surface area contributed by atoms with Crippen molar-refractivity contribution >= 4 is 49.3 Å². The Balaban J connectivity index is 1.24. The number of benzene rings is 7. The summed E-state index contributed by atoms with van der Waals surface area (Å²) in [6.45, 7) is 7.93. The molecule has 0 spiro atoms. The van der Waals surface area contributed by atoms with Crippen LogP contribution >= 0.6 is 0 Å². The third-order valence-corrected chi connectivity index (χ3v) is 9.55. The van der Waals surface area contributed by atoms with Crippen molar-refractivity contribution in [1.29, 1.82) is 10.5 Å². The van der Waals surface area contributed by atoms with Gasteiger partial charge in [0, 0.05) is 27.4 Å². The van der Waals surface area contributed by atoms with Crippen molar-refractivity contribution in [3.8, 4) is 45.8 Å². The molecule has 0 amide bonds. The van der Waals surface area contributed by atoms with Crippen molar-refractivity contribution < 1.29 is 0 Å². The first-order valence-electron chi connectivity index (χ1n) is 16.3. The van der Waals surface area contributed by atoms with Crippen LogP contribution in [-0.2, 0) is 0 Å². The molecule has 9 rings (SSSR count). The second kappa shape index (κ2) is 11.4. The largest absolute Gasteiger partial charge is 0.319 e. The molecule has 0 fully saturated rings. The molecular weight excluding hydrogens is 611 g/mol. The Hall–Kier alpha value is -7.39. The summed E-state index contributed by atoms with van der Waals surface area (Å²) < 4.78 is 4.42. The highest BCUT2D eigenvalue weighted by atomic mass is 15.0. The molecule has 2 heterocycles. The normalized spacial score (nSPS) is 11.1. The predicted octanol–water partition coefficient (Wildman–Crippen LogP) is 11.5. The van der Waals surface area contributed by atoms with Crippen LogP contribution in [0.1, 0.15) is 11.1 Å². The maximum Gasteiger partial charge on any atom is 0.211 e. The lowest BCUT2D eigenvalue weighted by Crippen LogP contribution is -1.98. The minimum absolute atomic E-state index is 0.561. The SMILES string of the molecule is [C-]#[N+]c1cccc2c3ccccc3n(-c3cccc(-c4cc(C#N)cc(-c5ccccc5-n5c6ccccc6c6cc(C#N)ccc65)c4)c3)c12. The van der Waals surface area contributed by atoms with Crippen LogP contribution in [0, 0.1) is 29.2 Å². The third kappa shape index (κ3) is 4.38. The van der Waals surface area contributed by atoms with Gasteiger partial charge in [-0.2, -0.15) is 10.5 Å². The predicted molar refractivity (Wildman–Crippen MR) is 202 cm³/mol. The van der Waals surface area contributed by atoms with E-state index in [1.54, 1.807) is 0 Å². The van der Waals surface area contributed by atoms with Gasteiger partial charge in [-0.1, -0.05) is 84.9 Å². The van der Waals surface area contributed by atoms with Crippen LogP contribution in [0.5, 0.6) is 0 Å². The Morgan fingerprint density at radius 2 is 1.14 bits per heavy atom. The van der Waals surface area contributed by atoms with Gasteiger partial charge >= 0.3 is 0 Å². The second-order valence-corrected chi connectivity index (χ2v) is 12.3. The van der Waals surface area contributed by atoms with Crippen molar-refractivity contribution in [2.75, 3.05) is 0 Å². The molecule has 230 valence electrons. The summed E-state index contributed by atoms with van der Waals surface area (Å²) in [5, 5.41) is 24.1. The van der Waals surface area contributed by atoms with Gasteiger partial charge in [-0.3, -0.25) is 0 Å². The standard InChI is InChI=1S/C45H25N5/c1-48-40-16-9-15-38-36-13-3-6-18-42(36)49(45(38)40)34-11-8-10-31(26-34)32-22-30(28-47)23-33(25-32)35-12-2-5-17-41(35)50-43-19-7-4-14-37(43)39-24-29(27-46)20-21-44(39)50/h2-26H. The minimum atomic E-state index is 0.561. The number of rotatable bonds is 4. The van der Waals surface area contributed by atoms with Gasteiger partial charge in [0.05, 0.1) is 57.6 Å². The van der Waals surface area contributed by atoms with Crippen LogP contribution in [0.25, 0.3) is 82.1 Å². The van der Waals surface area contributed by atoms with Crippen LogP contribution in [0.3, 0.4) is 0 Å². The zero-order chi connectivity index (χ0) is 33.8. The molecule has 5 heteroatoms. The van der Waals surface area contributed by atoms with Gasteiger partial charge in [0.2, 0.25) is 5.69 Å². The number of para-hydroxylation sites is 4. The van der Waals surface area contributed by atoms with E-state index >= 15 is 0 Å². The van der Waals surface area contributed by atoms with Crippen molar-refractivity contribution in [3.63, 3.8) is 0 Å². The van der Waals surface area contributed by atoms with Crippen LogP contribution in [0.15, 0.2) is 152 Å². The van der Waals surface area contributed by atoms with Crippen LogP contribution in [0.2, 0.25) is 0 Å². The maximum atomic E-state index is 10.3. The molecule has 0 aliphatic rings. The molecule has 0 saturated carbocycles. The van der Waals surface area contributed by atoms with Gasteiger partial charge in [0.15, 0.2) is 0 Å². The molecule has 5 nitrogen and oxygen atoms in total. The number of hydrogen-bond acceptors (Lipinski definition) is 2. The molecule has 7 aromatic carbocycles. The van der Waals surface area contributed by atoms with E-state index in [0.717, 1.165) is 77.2 Å². The molecule has 0 N–H and O–H groups in total. The molecule has 0 atom stereocenters. The van der Waals surface area contributed by atoms with E-state index in [4.69, 9.17) is 6.57 Å². The van der Waals surface area contributed by atoms with E-state index in [1.165, 1.54) is 0 Å². The smallest absolute Gasteiger partial charge is 0.211 e. The highest BCUT2D eigenvalue weighted by Crippen LogP contribution is 2.40. The Kier molecular flexibility index (Phi) is 6.56. The molecule has 0 aliphatic carbocycles. The molecular formula is C45H25N5. The van der Waals surface area contributed by atoms with Crippen molar-refractivity contribution in [2.24, 2.45) is 0 Å². The first-order valence-corrected chi connectivity index (χ1v) is 16.3. The summed E-state index contributed by atoms with van der Waals surface area (Å²) in [6.07, 6.45) is 0. The second-order valence-electron chi connectivity index (χ2n) is 12.3. The summed E-state index contributed by atoms with van der Waals surface area (Å²) in [6, 6.07) is 55.5. The lowest BCUT2D eigenvalue weighted by molar-refractivity contribution is 1.18. The number of hydrogen-bond donors (Lipinski definition) is 0. The van der Waals surface area contributed by atoms with E-state index in [-0.39, 0.29) is 0 Å². The fourth-order valence-electron chi connectivity index (χ4n) is 7.41. The highest BCUT2D eigenvalue weighted by Gasteiger charge is 2.18. The molecule has 0 radical (unpaired) electrons. The van der Waals surface area contributed by atoms with E-state index in [1.807, 2.05) is 84.9 Å². The summed E-state index contributed by atoms with van der Waals surface area (Å²) in [5.41, 5.74) is 11.5. The molecule has 0 bridgehead atoms. The molecule has 9 aromatic rings. The molecule has 2 aromatic heterocycles. The van der Waals surface area contributed by atoms with Crippen molar-refractivity contribution in [2.45, 2.75) is 0 Å². The summed E-state index contributed by atoms with van der Waals surface area (Å²) in [4.78, 5) is 3.88. The number of aromatic nitrogens is 2. The van der Waals surface area contributed by atoms with Crippen LogP contribution in [0.4, 0.5) is 5.69 Å². The lowest BCUT2D eigenvalue weighted by Gasteiger charge is -2.16. The Bertz CT molecular complexity index is 2970. The quantitative estimate of drug-likeness (QED) is 0.181.